The lowest BCUT2D eigenvalue weighted by Gasteiger charge is -2.41. The molecule has 1 aliphatic heterocycles. The first kappa shape index (κ1) is 14.6. The molecule has 0 saturated carbocycles. The summed E-state index contributed by atoms with van der Waals surface area (Å²) in [4.78, 5) is 4.99. The summed E-state index contributed by atoms with van der Waals surface area (Å²) in [7, 11) is 0. The van der Waals surface area contributed by atoms with Crippen LogP contribution in [-0.2, 0) is 6.54 Å². The molecule has 0 radical (unpaired) electrons. The van der Waals surface area contributed by atoms with Gasteiger partial charge in [0.25, 0.3) is 0 Å². The number of aliphatic hydroxyl groups excluding tert-OH is 1. The van der Waals surface area contributed by atoms with Crippen LogP contribution in [0.1, 0.15) is 25.8 Å². The smallest absolute Gasteiger partial charge is 0.0947 e. The fourth-order valence-electron chi connectivity index (χ4n) is 2.89. The van der Waals surface area contributed by atoms with Crippen molar-refractivity contribution in [2.75, 3.05) is 32.8 Å². The standard InChI is InChI=1S/C15H26N2O2/c1-13(2)9-16-5-6-17(15(11-16)3-7-18)10-14-4-8-19-12-14/h4,8,12-13,15,18H,3,5-7,9-11H2,1-2H3/t15-/m1/s1. The maximum atomic E-state index is 9.27. The van der Waals surface area contributed by atoms with Crippen molar-refractivity contribution in [2.45, 2.75) is 32.9 Å². The molecule has 1 saturated heterocycles. The number of piperazine rings is 1. The minimum atomic E-state index is 0.266. The summed E-state index contributed by atoms with van der Waals surface area (Å²) < 4.78 is 5.14. The second kappa shape index (κ2) is 7.08. The van der Waals surface area contributed by atoms with E-state index in [2.05, 4.69) is 23.6 Å². The van der Waals surface area contributed by atoms with Crippen molar-refractivity contribution >= 4 is 0 Å². The third-order valence-corrected chi connectivity index (χ3v) is 3.74. The predicted molar refractivity (Wildman–Crippen MR) is 75.9 cm³/mol. The van der Waals surface area contributed by atoms with Crippen LogP contribution in [0.5, 0.6) is 0 Å². The van der Waals surface area contributed by atoms with Gasteiger partial charge in [0.15, 0.2) is 0 Å². The van der Waals surface area contributed by atoms with Crippen molar-refractivity contribution in [1.29, 1.82) is 0 Å². The summed E-state index contributed by atoms with van der Waals surface area (Å²) in [6.45, 7) is 10.1. The van der Waals surface area contributed by atoms with Crippen LogP contribution >= 0.6 is 0 Å². The monoisotopic (exact) mass is 266 g/mol. The molecule has 4 heteroatoms. The Bertz CT molecular complexity index is 351. The summed E-state index contributed by atoms with van der Waals surface area (Å²) in [5.74, 6) is 0.704. The van der Waals surface area contributed by atoms with Crippen LogP contribution in [-0.4, -0.2) is 53.7 Å². The summed E-state index contributed by atoms with van der Waals surface area (Å²) in [5.41, 5.74) is 1.22. The van der Waals surface area contributed by atoms with Crippen molar-refractivity contribution in [3.63, 3.8) is 0 Å². The Kier molecular flexibility index (Phi) is 5.43. The fourth-order valence-corrected chi connectivity index (χ4v) is 2.89. The molecule has 0 spiro atoms. The molecule has 0 unspecified atom stereocenters. The zero-order valence-electron chi connectivity index (χ0n) is 12.1. The van der Waals surface area contributed by atoms with E-state index in [0.29, 0.717) is 12.0 Å². The molecule has 1 atom stereocenters. The predicted octanol–water partition coefficient (Wildman–Crippen LogP) is 1.80. The van der Waals surface area contributed by atoms with E-state index in [4.69, 9.17) is 4.42 Å². The molecule has 108 valence electrons. The highest BCUT2D eigenvalue weighted by atomic mass is 16.3. The Morgan fingerprint density at radius 1 is 1.42 bits per heavy atom. The number of furan rings is 1. The van der Waals surface area contributed by atoms with Gasteiger partial charge in [0.1, 0.15) is 0 Å². The van der Waals surface area contributed by atoms with Crippen molar-refractivity contribution in [2.24, 2.45) is 5.92 Å². The molecule has 2 rings (SSSR count). The van der Waals surface area contributed by atoms with Gasteiger partial charge in [0, 0.05) is 50.9 Å². The van der Waals surface area contributed by atoms with Gasteiger partial charge >= 0.3 is 0 Å². The topological polar surface area (TPSA) is 39.9 Å². The highest BCUT2D eigenvalue weighted by Crippen LogP contribution is 2.17. The van der Waals surface area contributed by atoms with Crippen LogP contribution in [0.15, 0.2) is 23.0 Å². The second-order valence-corrected chi connectivity index (χ2v) is 5.92. The molecular formula is C15H26N2O2. The van der Waals surface area contributed by atoms with Gasteiger partial charge in [-0.3, -0.25) is 4.90 Å². The molecule has 0 aliphatic carbocycles. The fraction of sp³-hybridized carbons (Fsp3) is 0.733. The number of aliphatic hydroxyl groups is 1. The number of hydrogen-bond donors (Lipinski definition) is 1. The molecule has 1 N–H and O–H groups in total. The highest BCUT2D eigenvalue weighted by Gasteiger charge is 2.26. The number of hydrogen-bond acceptors (Lipinski definition) is 4. The van der Waals surface area contributed by atoms with E-state index < -0.39 is 0 Å². The lowest BCUT2D eigenvalue weighted by Crippen LogP contribution is -2.53. The minimum absolute atomic E-state index is 0.266. The number of nitrogens with zero attached hydrogens (tertiary/aromatic N) is 2. The molecule has 1 aromatic rings. The zero-order valence-corrected chi connectivity index (χ0v) is 12.1. The van der Waals surface area contributed by atoms with Gasteiger partial charge in [-0.15, -0.1) is 0 Å². The van der Waals surface area contributed by atoms with Crippen LogP contribution in [0, 0.1) is 5.92 Å². The molecule has 2 heterocycles. The van der Waals surface area contributed by atoms with Crippen molar-refractivity contribution in [3.05, 3.63) is 24.2 Å². The third kappa shape index (κ3) is 4.34. The number of rotatable bonds is 6. The van der Waals surface area contributed by atoms with Crippen LogP contribution in [0.2, 0.25) is 0 Å². The van der Waals surface area contributed by atoms with E-state index >= 15 is 0 Å². The quantitative estimate of drug-likeness (QED) is 0.852. The third-order valence-electron chi connectivity index (χ3n) is 3.74. The average molecular weight is 266 g/mol. The maximum absolute atomic E-state index is 9.27. The summed E-state index contributed by atoms with van der Waals surface area (Å²) >= 11 is 0. The van der Waals surface area contributed by atoms with Crippen molar-refractivity contribution in [3.8, 4) is 0 Å². The zero-order chi connectivity index (χ0) is 13.7. The van der Waals surface area contributed by atoms with Crippen molar-refractivity contribution in [1.82, 2.24) is 9.80 Å². The summed E-state index contributed by atoms with van der Waals surface area (Å²) in [6.07, 6.45) is 4.40. The Labute approximate surface area is 116 Å². The molecule has 0 amide bonds. The molecule has 1 aliphatic rings. The normalized spacial score (nSPS) is 22.2. The van der Waals surface area contributed by atoms with Gasteiger partial charge in [-0.1, -0.05) is 13.8 Å². The SMILES string of the molecule is CC(C)CN1CCN(Cc2ccoc2)[C@H](CCO)C1. The second-order valence-electron chi connectivity index (χ2n) is 5.92. The van der Waals surface area contributed by atoms with E-state index in [9.17, 15) is 5.11 Å². The first-order chi connectivity index (χ1) is 9.19. The van der Waals surface area contributed by atoms with E-state index in [0.717, 1.165) is 39.1 Å². The Morgan fingerprint density at radius 2 is 2.26 bits per heavy atom. The van der Waals surface area contributed by atoms with E-state index in [1.165, 1.54) is 5.56 Å². The molecule has 1 aromatic heterocycles. The lowest BCUT2D eigenvalue weighted by molar-refractivity contribution is 0.0482. The molecular weight excluding hydrogens is 240 g/mol. The molecule has 0 bridgehead atoms. The van der Waals surface area contributed by atoms with E-state index in [1.54, 1.807) is 6.26 Å². The van der Waals surface area contributed by atoms with Crippen molar-refractivity contribution < 1.29 is 9.52 Å². The van der Waals surface area contributed by atoms with Crippen LogP contribution in [0.3, 0.4) is 0 Å². The largest absolute Gasteiger partial charge is 0.472 e. The lowest BCUT2D eigenvalue weighted by atomic mass is 10.1. The Balaban J connectivity index is 1.92. The molecule has 1 fully saturated rings. The molecule has 4 nitrogen and oxygen atoms in total. The molecule has 0 aromatic carbocycles. The van der Waals surface area contributed by atoms with Gasteiger partial charge < -0.3 is 14.4 Å². The van der Waals surface area contributed by atoms with Gasteiger partial charge in [0.05, 0.1) is 12.5 Å². The van der Waals surface area contributed by atoms with E-state index in [-0.39, 0.29) is 6.61 Å². The first-order valence-corrected chi connectivity index (χ1v) is 7.27. The van der Waals surface area contributed by atoms with Crippen LogP contribution < -0.4 is 0 Å². The van der Waals surface area contributed by atoms with Gasteiger partial charge in [-0.25, -0.2) is 0 Å². The summed E-state index contributed by atoms with van der Waals surface area (Å²) in [6, 6.07) is 2.48. The minimum Gasteiger partial charge on any atom is -0.472 e. The first-order valence-electron chi connectivity index (χ1n) is 7.27. The van der Waals surface area contributed by atoms with Crippen LogP contribution in [0.4, 0.5) is 0 Å². The van der Waals surface area contributed by atoms with Gasteiger partial charge in [0.2, 0.25) is 0 Å². The van der Waals surface area contributed by atoms with Gasteiger partial charge in [-0.2, -0.15) is 0 Å². The molecule has 19 heavy (non-hydrogen) atoms. The average Bonchev–Trinajstić information content (AvgIpc) is 2.85. The highest BCUT2D eigenvalue weighted by molar-refractivity contribution is 5.05. The maximum Gasteiger partial charge on any atom is 0.0947 e. The van der Waals surface area contributed by atoms with Crippen LogP contribution in [0.25, 0.3) is 0 Å². The summed E-state index contributed by atoms with van der Waals surface area (Å²) in [5, 5.41) is 9.27. The van der Waals surface area contributed by atoms with E-state index in [1.807, 2.05) is 12.3 Å². The Morgan fingerprint density at radius 3 is 2.89 bits per heavy atom. The van der Waals surface area contributed by atoms with Gasteiger partial charge in [-0.05, 0) is 18.4 Å². The Hall–Kier alpha value is -0.840.